The molecule has 5 heteroatoms. The van der Waals surface area contributed by atoms with Crippen LogP contribution in [0.2, 0.25) is 5.02 Å². The number of hydrogen-bond acceptors (Lipinski definition) is 4. The minimum Gasteiger partial charge on any atom is -0.472 e. The van der Waals surface area contributed by atoms with Crippen molar-refractivity contribution in [2.24, 2.45) is 0 Å². The Morgan fingerprint density at radius 3 is 2.74 bits per heavy atom. The molecule has 2 rings (SSSR count). The van der Waals surface area contributed by atoms with Crippen LogP contribution in [0.5, 0.6) is 5.88 Å². The number of anilines is 1. The van der Waals surface area contributed by atoms with Crippen molar-refractivity contribution in [2.45, 2.75) is 20.0 Å². The van der Waals surface area contributed by atoms with E-state index in [2.05, 4.69) is 22.2 Å². The van der Waals surface area contributed by atoms with E-state index in [0.29, 0.717) is 17.5 Å². The first-order valence-corrected chi connectivity index (χ1v) is 6.59. The maximum atomic E-state index is 5.83. The van der Waals surface area contributed by atoms with Crippen LogP contribution in [0.4, 0.5) is 5.82 Å². The largest absolute Gasteiger partial charge is 0.472 e. The van der Waals surface area contributed by atoms with Gasteiger partial charge in [-0.3, -0.25) is 4.98 Å². The van der Waals surface area contributed by atoms with Crippen LogP contribution in [0.15, 0.2) is 36.7 Å². The predicted octanol–water partition coefficient (Wildman–Crippen LogP) is 3.53. The molecule has 0 unspecified atom stereocenters. The number of rotatable bonds is 6. The predicted molar refractivity (Wildman–Crippen MR) is 76.6 cm³/mol. The Morgan fingerprint density at radius 2 is 2.00 bits per heavy atom. The van der Waals surface area contributed by atoms with Crippen molar-refractivity contribution in [1.82, 2.24) is 9.97 Å². The van der Waals surface area contributed by atoms with Gasteiger partial charge >= 0.3 is 0 Å². The summed E-state index contributed by atoms with van der Waals surface area (Å²) in [6.07, 6.45) is 4.33. The van der Waals surface area contributed by atoms with Gasteiger partial charge < -0.3 is 10.1 Å². The summed E-state index contributed by atoms with van der Waals surface area (Å²) in [5, 5.41) is 3.89. The molecule has 0 atom stereocenters. The number of hydrogen-bond donors (Lipinski definition) is 1. The summed E-state index contributed by atoms with van der Waals surface area (Å²) in [5.41, 5.74) is 1.04. The molecule has 19 heavy (non-hydrogen) atoms. The van der Waals surface area contributed by atoms with E-state index >= 15 is 0 Å². The summed E-state index contributed by atoms with van der Waals surface area (Å²) < 4.78 is 5.60. The molecule has 0 aliphatic heterocycles. The minimum absolute atomic E-state index is 0.447. The molecular formula is C14H16ClN3O. The molecule has 100 valence electrons. The van der Waals surface area contributed by atoms with Crippen molar-refractivity contribution in [3.05, 3.63) is 47.2 Å². The summed E-state index contributed by atoms with van der Waals surface area (Å²) in [6.45, 7) is 3.42. The standard InChI is InChI=1S/C14H16ClN3O/c1-2-7-17-13-8-16-9-14(18-13)19-10-11-3-5-12(15)6-4-11/h3-6,8-9H,2,7,10H2,1H3,(H,17,18). The quantitative estimate of drug-likeness (QED) is 0.877. The molecule has 0 fully saturated rings. The second-order valence-electron chi connectivity index (χ2n) is 4.08. The van der Waals surface area contributed by atoms with E-state index in [1.807, 2.05) is 24.3 Å². The van der Waals surface area contributed by atoms with Crippen LogP contribution in [0.3, 0.4) is 0 Å². The Labute approximate surface area is 117 Å². The third-order valence-corrected chi connectivity index (χ3v) is 2.72. The van der Waals surface area contributed by atoms with Gasteiger partial charge in [0.1, 0.15) is 12.4 Å². The highest BCUT2D eigenvalue weighted by Crippen LogP contribution is 2.13. The molecule has 0 aliphatic rings. The highest BCUT2D eigenvalue weighted by Gasteiger charge is 2.00. The third kappa shape index (κ3) is 4.41. The molecule has 2 aromatic rings. The van der Waals surface area contributed by atoms with Crippen molar-refractivity contribution in [1.29, 1.82) is 0 Å². The summed E-state index contributed by atoms with van der Waals surface area (Å²) in [7, 11) is 0. The van der Waals surface area contributed by atoms with Gasteiger partial charge in [-0.1, -0.05) is 30.7 Å². The molecule has 0 aliphatic carbocycles. The van der Waals surface area contributed by atoms with Crippen molar-refractivity contribution in [3.63, 3.8) is 0 Å². The van der Waals surface area contributed by atoms with Gasteiger partial charge in [0.2, 0.25) is 5.88 Å². The topological polar surface area (TPSA) is 47.0 Å². The first kappa shape index (κ1) is 13.6. The number of halogens is 1. The molecule has 0 spiro atoms. The van der Waals surface area contributed by atoms with Crippen LogP contribution < -0.4 is 10.1 Å². The number of benzene rings is 1. The van der Waals surface area contributed by atoms with Gasteiger partial charge in [0.25, 0.3) is 0 Å². The van der Waals surface area contributed by atoms with E-state index in [4.69, 9.17) is 16.3 Å². The molecule has 4 nitrogen and oxygen atoms in total. The lowest BCUT2D eigenvalue weighted by Gasteiger charge is -2.07. The highest BCUT2D eigenvalue weighted by molar-refractivity contribution is 6.30. The Kier molecular flexibility index (Phi) is 4.98. The average molecular weight is 278 g/mol. The number of nitrogens with zero attached hydrogens (tertiary/aromatic N) is 2. The van der Waals surface area contributed by atoms with Gasteiger partial charge in [0, 0.05) is 11.6 Å². The van der Waals surface area contributed by atoms with E-state index in [9.17, 15) is 0 Å². The molecule has 0 saturated carbocycles. The van der Waals surface area contributed by atoms with Crippen LogP contribution in [-0.2, 0) is 6.61 Å². The van der Waals surface area contributed by atoms with E-state index in [1.54, 1.807) is 12.4 Å². The maximum Gasteiger partial charge on any atom is 0.234 e. The molecular weight excluding hydrogens is 262 g/mol. The van der Waals surface area contributed by atoms with Gasteiger partial charge in [0.05, 0.1) is 12.4 Å². The summed E-state index contributed by atoms with van der Waals surface area (Å²) in [6, 6.07) is 7.53. The minimum atomic E-state index is 0.447. The van der Waals surface area contributed by atoms with Gasteiger partial charge in [-0.2, -0.15) is 4.98 Å². The van der Waals surface area contributed by atoms with Crippen LogP contribution in [0, 0.1) is 0 Å². The Hall–Kier alpha value is -1.81. The SMILES string of the molecule is CCCNc1cncc(OCc2ccc(Cl)cc2)n1. The number of ether oxygens (including phenoxy) is 1. The molecule has 0 bridgehead atoms. The zero-order chi connectivity index (χ0) is 13.5. The van der Waals surface area contributed by atoms with Crippen molar-refractivity contribution in [2.75, 3.05) is 11.9 Å². The summed E-state index contributed by atoms with van der Waals surface area (Å²) in [5.74, 6) is 1.24. The summed E-state index contributed by atoms with van der Waals surface area (Å²) in [4.78, 5) is 8.41. The van der Waals surface area contributed by atoms with Crippen LogP contribution in [0.25, 0.3) is 0 Å². The summed E-state index contributed by atoms with van der Waals surface area (Å²) >= 11 is 5.83. The second-order valence-corrected chi connectivity index (χ2v) is 4.52. The molecule has 1 N–H and O–H groups in total. The molecule has 0 radical (unpaired) electrons. The van der Waals surface area contributed by atoms with Gasteiger partial charge in [0.15, 0.2) is 0 Å². The van der Waals surface area contributed by atoms with Crippen molar-refractivity contribution in [3.8, 4) is 5.88 Å². The van der Waals surface area contributed by atoms with Crippen LogP contribution in [0.1, 0.15) is 18.9 Å². The normalized spacial score (nSPS) is 10.2. The Balaban J connectivity index is 1.93. The highest BCUT2D eigenvalue weighted by atomic mass is 35.5. The van der Waals surface area contributed by atoms with Crippen LogP contribution >= 0.6 is 11.6 Å². The smallest absolute Gasteiger partial charge is 0.234 e. The average Bonchev–Trinajstić information content (AvgIpc) is 2.45. The lowest BCUT2D eigenvalue weighted by atomic mass is 10.2. The monoisotopic (exact) mass is 277 g/mol. The zero-order valence-corrected chi connectivity index (χ0v) is 11.5. The zero-order valence-electron chi connectivity index (χ0n) is 10.8. The first-order valence-electron chi connectivity index (χ1n) is 6.21. The second kappa shape index (κ2) is 6.95. The van der Waals surface area contributed by atoms with Crippen molar-refractivity contribution >= 4 is 17.4 Å². The van der Waals surface area contributed by atoms with E-state index in [-0.39, 0.29) is 0 Å². The first-order chi connectivity index (χ1) is 9.28. The Morgan fingerprint density at radius 1 is 1.21 bits per heavy atom. The number of aromatic nitrogens is 2. The van der Waals surface area contributed by atoms with E-state index < -0.39 is 0 Å². The third-order valence-electron chi connectivity index (χ3n) is 2.47. The maximum absolute atomic E-state index is 5.83. The van der Waals surface area contributed by atoms with Gasteiger partial charge in [-0.05, 0) is 24.1 Å². The lowest BCUT2D eigenvalue weighted by molar-refractivity contribution is 0.293. The lowest BCUT2D eigenvalue weighted by Crippen LogP contribution is -2.04. The Bertz CT molecular complexity index is 516. The molecule has 1 aromatic carbocycles. The molecule has 0 saturated heterocycles. The van der Waals surface area contributed by atoms with Crippen molar-refractivity contribution < 1.29 is 4.74 Å². The number of nitrogens with one attached hydrogen (secondary N) is 1. The fraction of sp³-hybridized carbons (Fsp3) is 0.286. The molecule has 1 aromatic heterocycles. The molecule has 1 heterocycles. The van der Waals surface area contributed by atoms with Gasteiger partial charge in [-0.25, -0.2) is 0 Å². The van der Waals surface area contributed by atoms with E-state index in [0.717, 1.165) is 24.3 Å². The van der Waals surface area contributed by atoms with Gasteiger partial charge in [-0.15, -0.1) is 0 Å². The van der Waals surface area contributed by atoms with E-state index in [1.165, 1.54) is 0 Å². The molecule has 0 amide bonds. The van der Waals surface area contributed by atoms with Crippen LogP contribution in [-0.4, -0.2) is 16.5 Å². The fourth-order valence-corrected chi connectivity index (χ4v) is 1.62. The fourth-order valence-electron chi connectivity index (χ4n) is 1.49.